The van der Waals surface area contributed by atoms with E-state index in [1.165, 1.54) is 6.33 Å². The van der Waals surface area contributed by atoms with Gasteiger partial charge in [-0.25, -0.2) is 14.8 Å². The molecule has 0 spiro atoms. The van der Waals surface area contributed by atoms with Gasteiger partial charge in [-0.05, 0) is 40.0 Å². The summed E-state index contributed by atoms with van der Waals surface area (Å²) in [5.74, 6) is 0.662. The Bertz CT molecular complexity index is 519. The van der Waals surface area contributed by atoms with Crippen LogP contribution in [0, 0.1) is 0 Å². The van der Waals surface area contributed by atoms with Crippen molar-refractivity contribution in [3.8, 4) is 0 Å². The number of carbonyl (C=O) groups is 1. The number of hydrogen-bond donors (Lipinski definition) is 1. The van der Waals surface area contributed by atoms with Crippen molar-refractivity contribution in [2.24, 2.45) is 0 Å². The van der Waals surface area contributed by atoms with Gasteiger partial charge in [0.25, 0.3) is 0 Å². The van der Waals surface area contributed by atoms with Crippen molar-refractivity contribution in [3.05, 3.63) is 17.5 Å². The molecule has 1 atom stereocenters. The number of piperidine rings is 1. The number of rotatable bonds is 3. The molecule has 122 valence electrons. The van der Waals surface area contributed by atoms with Gasteiger partial charge in [-0.15, -0.1) is 0 Å². The number of hydrogen-bond acceptors (Lipinski definition) is 5. The van der Waals surface area contributed by atoms with E-state index in [2.05, 4.69) is 15.3 Å². The second kappa shape index (κ2) is 7.13. The second-order valence-corrected chi connectivity index (χ2v) is 6.82. The molecule has 22 heavy (non-hydrogen) atoms. The van der Waals surface area contributed by atoms with Crippen LogP contribution in [0.5, 0.6) is 0 Å². The quantitative estimate of drug-likeness (QED) is 0.863. The third-order valence-corrected chi connectivity index (χ3v) is 3.61. The van der Waals surface area contributed by atoms with Crippen LogP contribution in [-0.4, -0.2) is 45.7 Å². The molecule has 1 fully saturated rings. The molecule has 0 saturated carbocycles. The lowest BCUT2D eigenvalue weighted by atomic mass is 10.0. The van der Waals surface area contributed by atoms with Crippen LogP contribution in [0.4, 0.5) is 10.6 Å². The van der Waals surface area contributed by atoms with Gasteiger partial charge in [0.1, 0.15) is 22.9 Å². The highest BCUT2D eigenvalue weighted by Crippen LogP contribution is 2.21. The maximum atomic E-state index is 12.3. The van der Waals surface area contributed by atoms with Gasteiger partial charge in [0.2, 0.25) is 0 Å². The van der Waals surface area contributed by atoms with E-state index in [1.807, 2.05) is 25.7 Å². The number of ether oxygens (including phenoxy) is 1. The minimum atomic E-state index is -0.479. The Morgan fingerprint density at radius 3 is 2.91 bits per heavy atom. The van der Waals surface area contributed by atoms with Crippen LogP contribution in [0.3, 0.4) is 0 Å². The summed E-state index contributed by atoms with van der Waals surface area (Å²) in [7, 11) is 0. The summed E-state index contributed by atoms with van der Waals surface area (Å²) in [5.41, 5.74) is -0.479. The van der Waals surface area contributed by atoms with Crippen molar-refractivity contribution in [1.82, 2.24) is 14.9 Å². The predicted molar refractivity (Wildman–Crippen MR) is 86.1 cm³/mol. The molecule has 6 nitrogen and oxygen atoms in total. The minimum Gasteiger partial charge on any atom is -0.444 e. The van der Waals surface area contributed by atoms with E-state index < -0.39 is 5.60 Å². The molecular weight excluding hydrogens is 304 g/mol. The van der Waals surface area contributed by atoms with Gasteiger partial charge in [-0.2, -0.15) is 0 Å². The van der Waals surface area contributed by atoms with Crippen LogP contribution in [0.1, 0.15) is 40.0 Å². The Morgan fingerprint density at radius 2 is 2.23 bits per heavy atom. The molecule has 1 saturated heterocycles. The number of carbonyl (C=O) groups excluding carboxylic acids is 1. The van der Waals surface area contributed by atoms with Gasteiger partial charge < -0.3 is 15.0 Å². The molecule has 1 aromatic rings. The third-order valence-electron chi connectivity index (χ3n) is 3.41. The van der Waals surface area contributed by atoms with Crippen molar-refractivity contribution in [1.29, 1.82) is 0 Å². The predicted octanol–water partition coefficient (Wildman–Crippen LogP) is 3.33. The number of nitrogens with one attached hydrogen (secondary N) is 1. The zero-order valence-electron chi connectivity index (χ0n) is 13.3. The molecule has 0 aromatic carbocycles. The first kappa shape index (κ1) is 16.8. The van der Waals surface area contributed by atoms with Crippen LogP contribution in [0.25, 0.3) is 0 Å². The van der Waals surface area contributed by atoms with Crippen molar-refractivity contribution < 1.29 is 9.53 Å². The molecule has 1 amide bonds. The lowest BCUT2D eigenvalue weighted by molar-refractivity contribution is 0.0114. The standard InChI is InChI=1S/C15H23ClN4O2/c1-15(2,3)22-14(21)20-7-5-4-6-11(20)9-17-13-8-12(16)18-10-19-13/h8,10-11H,4-7,9H2,1-3H3,(H,17,18,19). The maximum Gasteiger partial charge on any atom is 0.410 e. The van der Waals surface area contributed by atoms with E-state index >= 15 is 0 Å². The number of nitrogens with zero attached hydrogens (tertiary/aromatic N) is 3. The zero-order chi connectivity index (χ0) is 16.2. The summed E-state index contributed by atoms with van der Waals surface area (Å²) in [4.78, 5) is 22.1. The van der Waals surface area contributed by atoms with Crippen LogP contribution < -0.4 is 5.32 Å². The van der Waals surface area contributed by atoms with Crippen molar-refractivity contribution in [2.75, 3.05) is 18.4 Å². The summed E-state index contributed by atoms with van der Waals surface area (Å²) in [6.45, 7) is 6.99. The van der Waals surface area contributed by atoms with Gasteiger partial charge in [0, 0.05) is 19.2 Å². The molecule has 7 heteroatoms. The van der Waals surface area contributed by atoms with E-state index in [0.29, 0.717) is 17.5 Å². The Balaban J connectivity index is 1.96. The highest BCUT2D eigenvalue weighted by atomic mass is 35.5. The molecule has 1 N–H and O–H groups in total. The average molecular weight is 327 g/mol. The van der Waals surface area contributed by atoms with Crippen LogP contribution >= 0.6 is 11.6 Å². The molecule has 2 rings (SSSR count). The van der Waals surface area contributed by atoms with Crippen LogP contribution in [-0.2, 0) is 4.74 Å². The summed E-state index contributed by atoms with van der Waals surface area (Å²) >= 11 is 5.84. The molecule has 1 aromatic heterocycles. The lowest BCUT2D eigenvalue weighted by Gasteiger charge is -2.36. The van der Waals surface area contributed by atoms with Crippen LogP contribution in [0.2, 0.25) is 5.15 Å². The Hall–Kier alpha value is -1.56. The fourth-order valence-electron chi connectivity index (χ4n) is 2.43. The summed E-state index contributed by atoms with van der Waals surface area (Å²) < 4.78 is 5.49. The van der Waals surface area contributed by atoms with Crippen molar-refractivity contribution >= 4 is 23.5 Å². The zero-order valence-corrected chi connectivity index (χ0v) is 14.1. The Labute approximate surface area is 136 Å². The highest BCUT2D eigenvalue weighted by Gasteiger charge is 2.30. The molecule has 0 aliphatic carbocycles. The summed E-state index contributed by atoms with van der Waals surface area (Å²) in [6.07, 6.45) is 4.23. The first-order valence-electron chi connectivity index (χ1n) is 7.56. The molecular formula is C15H23ClN4O2. The van der Waals surface area contributed by atoms with E-state index in [0.717, 1.165) is 25.8 Å². The van der Waals surface area contributed by atoms with Crippen molar-refractivity contribution in [3.63, 3.8) is 0 Å². The maximum absolute atomic E-state index is 12.3. The third kappa shape index (κ3) is 5.02. The van der Waals surface area contributed by atoms with E-state index in [4.69, 9.17) is 16.3 Å². The molecule has 0 bridgehead atoms. The van der Waals surface area contributed by atoms with Crippen LogP contribution in [0.15, 0.2) is 12.4 Å². The SMILES string of the molecule is CC(C)(C)OC(=O)N1CCCCC1CNc1cc(Cl)ncn1. The van der Waals surface area contributed by atoms with Gasteiger partial charge in [0.15, 0.2) is 0 Å². The number of amides is 1. The second-order valence-electron chi connectivity index (χ2n) is 6.43. The van der Waals surface area contributed by atoms with Gasteiger partial charge in [-0.1, -0.05) is 11.6 Å². The average Bonchev–Trinajstić information content (AvgIpc) is 2.44. The Kier molecular flexibility index (Phi) is 5.45. The summed E-state index contributed by atoms with van der Waals surface area (Å²) in [5, 5.41) is 3.61. The number of halogens is 1. The fourth-order valence-corrected chi connectivity index (χ4v) is 2.57. The van der Waals surface area contributed by atoms with E-state index in [9.17, 15) is 4.79 Å². The smallest absolute Gasteiger partial charge is 0.410 e. The molecule has 1 unspecified atom stereocenters. The molecule has 2 heterocycles. The first-order valence-corrected chi connectivity index (χ1v) is 7.94. The highest BCUT2D eigenvalue weighted by molar-refractivity contribution is 6.29. The summed E-state index contributed by atoms with van der Waals surface area (Å²) in [6, 6.07) is 1.76. The van der Waals surface area contributed by atoms with Gasteiger partial charge >= 0.3 is 6.09 Å². The van der Waals surface area contributed by atoms with Crippen molar-refractivity contribution in [2.45, 2.75) is 51.7 Å². The largest absolute Gasteiger partial charge is 0.444 e. The van der Waals surface area contributed by atoms with Gasteiger partial charge in [-0.3, -0.25) is 0 Å². The monoisotopic (exact) mass is 326 g/mol. The topological polar surface area (TPSA) is 67.3 Å². The number of anilines is 1. The van der Waals surface area contributed by atoms with Gasteiger partial charge in [0.05, 0.1) is 6.04 Å². The Morgan fingerprint density at radius 1 is 1.45 bits per heavy atom. The fraction of sp³-hybridized carbons (Fsp3) is 0.667. The lowest BCUT2D eigenvalue weighted by Crippen LogP contribution is -2.48. The normalized spacial score (nSPS) is 18.9. The molecule has 1 aliphatic rings. The first-order chi connectivity index (χ1) is 10.3. The van der Waals surface area contributed by atoms with E-state index in [1.54, 1.807) is 6.07 Å². The number of aromatic nitrogens is 2. The minimum absolute atomic E-state index is 0.0948. The molecule has 1 aliphatic heterocycles. The number of likely N-dealkylation sites (tertiary alicyclic amines) is 1. The molecule has 0 radical (unpaired) electrons. The van der Waals surface area contributed by atoms with E-state index in [-0.39, 0.29) is 12.1 Å².